The number of methoxy groups -OCH3 is 1. The van der Waals surface area contributed by atoms with E-state index in [1.54, 1.807) is 0 Å². The van der Waals surface area contributed by atoms with E-state index in [1.165, 1.54) is 11.8 Å². The predicted octanol–water partition coefficient (Wildman–Crippen LogP) is 1.12. The first-order valence-corrected chi connectivity index (χ1v) is 6.14. The first-order valence-electron chi connectivity index (χ1n) is 6.14. The number of likely N-dealkylation sites (tertiary alicyclic amines) is 1. The topological polar surface area (TPSA) is 66.8 Å². The fourth-order valence-electron chi connectivity index (χ4n) is 2.63. The fourth-order valence-corrected chi connectivity index (χ4v) is 2.63. The SMILES string of the molecule is COC(C)(C(=O)O)C(=O)N1CCC2(CC1)CC2(F)F. The molecule has 19 heavy (non-hydrogen) atoms. The number of alkyl halides is 2. The van der Waals surface area contributed by atoms with E-state index in [0.717, 1.165) is 7.11 Å². The van der Waals surface area contributed by atoms with Gasteiger partial charge in [-0.05, 0) is 19.8 Å². The van der Waals surface area contributed by atoms with Gasteiger partial charge in [-0.3, -0.25) is 4.79 Å². The summed E-state index contributed by atoms with van der Waals surface area (Å²) >= 11 is 0. The van der Waals surface area contributed by atoms with Crippen molar-refractivity contribution < 1.29 is 28.2 Å². The van der Waals surface area contributed by atoms with Crippen LogP contribution in [0.5, 0.6) is 0 Å². The van der Waals surface area contributed by atoms with Crippen molar-refractivity contribution in [1.29, 1.82) is 0 Å². The molecule has 2 fully saturated rings. The minimum atomic E-state index is -2.63. The number of hydrogen-bond donors (Lipinski definition) is 1. The smallest absolute Gasteiger partial charge is 0.345 e. The molecule has 1 aliphatic heterocycles. The molecule has 108 valence electrons. The van der Waals surface area contributed by atoms with E-state index < -0.39 is 28.8 Å². The Bertz CT molecular complexity index is 418. The predicted molar refractivity (Wildman–Crippen MR) is 60.9 cm³/mol. The average Bonchev–Trinajstić information content (AvgIpc) is 2.89. The highest BCUT2D eigenvalue weighted by molar-refractivity contribution is 6.05. The van der Waals surface area contributed by atoms with Crippen molar-refractivity contribution in [2.24, 2.45) is 5.41 Å². The average molecular weight is 277 g/mol. The molecule has 0 aromatic heterocycles. The maximum Gasteiger partial charge on any atom is 0.345 e. The summed E-state index contributed by atoms with van der Waals surface area (Å²) in [6, 6.07) is 0. The van der Waals surface area contributed by atoms with Crippen molar-refractivity contribution in [1.82, 2.24) is 4.90 Å². The molecule has 1 heterocycles. The van der Waals surface area contributed by atoms with Gasteiger partial charge in [0.25, 0.3) is 11.8 Å². The van der Waals surface area contributed by atoms with Gasteiger partial charge in [0.2, 0.25) is 5.60 Å². The number of carbonyl (C=O) groups is 2. The van der Waals surface area contributed by atoms with Gasteiger partial charge < -0.3 is 14.7 Å². The quantitative estimate of drug-likeness (QED) is 0.785. The second kappa shape index (κ2) is 4.13. The maximum absolute atomic E-state index is 13.2. The standard InChI is InChI=1S/C12H17F2NO4/c1-10(19-2,9(17)18)8(16)15-5-3-11(4-6-15)7-12(11,13)14/h3-7H2,1-2H3,(H,17,18). The first-order chi connectivity index (χ1) is 8.68. The van der Waals surface area contributed by atoms with Gasteiger partial charge in [-0.1, -0.05) is 0 Å². The van der Waals surface area contributed by atoms with Crippen LogP contribution in [0.25, 0.3) is 0 Å². The van der Waals surface area contributed by atoms with Gasteiger partial charge in [-0.15, -0.1) is 0 Å². The highest BCUT2D eigenvalue weighted by atomic mass is 19.3. The van der Waals surface area contributed by atoms with Crippen LogP contribution in [0, 0.1) is 5.41 Å². The van der Waals surface area contributed by atoms with Gasteiger partial charge in [0.05, 0.1) is 0 Å². The number of carbonyl (C=O) groups excluding carboxylic acids is 1. The van der Waals surface area contributed by atoms with Crippen molar-refractivity contribution in [3.63, 3.8) is 0 Å². The lowest BCUT2D eigenvalue weighted by molar-refractivity contribution is -0.174. The third-order valence-electron chi connectivity index (χ3n) is 4.44. The zero-order valence-corrected chi connectivity index (χ0v) is 10.9. The maximum atomic E-state index is 13.2. The molecular formula is C12H17F2NO4. The van der Waals surface area contributed by atoms with Crippen LogP contribution in [0.3, 0.4) is 0 Å². The van der Waals surface area contributed by atoms with Crippen LogP contribution < -0.4 is 0 Å². The van der Waals surface area contributed by atoms with Gasteiger partial charge >= 0.3 is 5.97 Å². The zero-order chi connectivity index (χ0) is 14.5. The Labute approximate surface area is 109 Å². The van der Waals surface area contributed by atoms with Crippen molar-refractivity contribution >= 4 is 11.9 Å². The minimum absolute atomic E-state index is 0.123. The molecule has 2 rings (SSSR count). The second-order valence-corrected chi connectivity index (χ2v) is 5.50. The molecule has 1 N–H and O–H groups in total. The van der Waals surface area contributed by atoms with Crippen LogP contribution in [0.1, 0.15) is 26.2 Å². The van der Waals surface area contributed by atoms with Gasteiger partial charge in [-0.25, -0.2) is 13.6 Å². The highest BCUT2D eigenvalue weighted by Crippen LogP contribution is 2.65. The molecule has 2 aliphatic rings. The Morgan fingerprint density at radius 2 is 1.79 bits per heavy atom. The monoisotopic (exact) mass is 277 g/mol. The molecule has 7 heteroatoms. The number of hydrogen-bond acceptors (Lipinski definition) is 3. The van der Waals surface area contributed by atoms with E-state index >= 15 is 0 Å². The van der Waals surface area contributed by atoms with E-state index in [4.69, 9.17) is 9.84 Å². The highest BCUT2D eigenvalue weighted by Gasteiger charge is 2.71. The molecule has 1 atom stereocenters. The van der Waals surface area contributed by atoms with Crippen molar-refractivity contribution in [3.8, 4) is 0 Å². The fraction of sp³-hybridized carbons (Fsp3) is 0.833. The molecule has 5 nitrogen and oxygen atoms in total. The van der Waals surface area contributed by atoms with E-state index in [2.05, 4.69) is 0 Å². The third-order valence-corrected chi connectivity index (χ3v) is 4.44. The summed E-state index contributed by atoms with van der Waals surface area (Å²) in [6.45, 7) is 1.48. The summed E-state index contributed by atoms with van der Waals surface area (Å²) < 4.78 is 31.2. The van der Waals surface area contributed by atoms with Crippen LogP contribution >= 0.6 is 0 Å². The number of amides is 1. The molecule has 1 saturated carbocycles. The van der Waals surface area contributed by atoms with E-state index in [1.807, 2.05) is 0 Å². The summed E-state index contributed by atoms with van der Waals surface area (Å²) in [5, 5.41) is 9.04. The summed E-state index contributed by atoms with van der Waals surface area (Å²) in [5.41, 5.74) is -2.91. The number of rotatable bonds is 3. The molecule has 1 amide bonds. The first kappa shape index (κ1) is 14.2. The molecule has 0 bridgehead atoms. The van der Waals surface area contributed by atoms with Crippen LogP contribution in [0.15, 0.2) is 0 Å². The zero-order valence-electron chi connectivity index (χ0n) is 10.9. The summed E-state index contributed by atoms with van der Waals surface area (Å²) in [6.07, 6.45) is 0.304. The molecule has 1 unspecified atom stereocenters. The Morgan fingerprint density at radius 1 is 1.32 bits per heavy atom. The minimum Gasteiger partial charge on any atom is -0.479 e. The van der Waals surface area contributed by atoms with Crippen molar-refractivity contribution in [3.05, 3.63) is 0 Å². The van der Waals surface area contributed by atoms with Crippen molar-refractivity contribution in [2.45, 2.75) is 37.7 Å². The van der Waals surface area contributed by atoms with Crippen LogP contribution in [-0.4, -0.2) is 53.6 Å². The van der Waals surface area contributed by atoms with E-state index in [0.29, 0.717) is 0 Å². The third kappa shape index (κ3) is 2.00. The molecule has 0 aromatic carbocycles. The van der Waals surface area contributed by atoms with Gasteiger partial charge in [0.15, 0.2) is 0 Å². The summed E-state index contributed by atoms with van der Waals surface area (Å²) in [4.78, 5) is 24.5. The van der Waals surface area contributed by atoms with Crippen molar-refractivity contribution in [2.75, 3.05) is 20.2 Å². The number of nitrogens with zero attached hydrogens (tertiary/aromatic N) is 1. The summed E-state index contributed by atoms with van der Waals surface area (Å²) in [5.74, 6) is -4.68. The Kier molecular flexibility index (Phi) is 3.08. The summed E-state index contributed by atoms with van der Waals surface area (Å²) in [7, 11) is 1.15. The van der Waals surface area contributed by atoms with E-state index in [-0.39, 0.29) is 32.4 Å². The van der Waals surface area contributed by atoms with Gasteiger partial charge in [0, 0.05) is 32.0 Å². The molecule has 1 saturated heterocycles. The second-order valence-electron chi connectivity index (χ2n) is 5.50. The lowest BCUT2D eigenvalue weighted by Crippen LogP contribution is -2.55. The Hall–Kier alpha value is -1.24. The van der Waals surface area contributed by atoms with Gasteiger partial charge in [0.1, 0.15) is 0 Å². The number of carboxylic acids is 1. The Balaban J connectivity index is 2.02. The molecule has 0 radical (unpaired) electrons. The molecule has 0 aromatic rings. The van der Waals surface area contributed by atoms with E-state index in [9.17, 15) is 18.4 Å². The lowest BCUT2D eigenvalue weighted by atomic mass is 9.91. The van der Waals surface area contributed by atoms with Crippen LogP contribution in [0.4, 0.5) is 8.78 Å². The Morgan fingerprint density at radius 3 is 2.11 bits per heavy atom. The number of ether oxygens (including phenoxy) is 1. The number of piperidine rings is 1. The molecule has 1 aliphatic carbocycles. The number of aliphatic carboxylic acids is 1. The van der Waals surface area contributed by atoms with Crippen LogP contribution in [0.2, 0.25) is 0 Å². The normalized spacial score (nSPS) is 26.8. The number of halogens is 2. The molecule has 1 spiro atoms. The molecular weight excluding hydrogens is 260 g/mol. The lowest BCUT2D eigenvalue weighted by Gasteiger charge is -2.36. The number of carboxylic acid groups (broad SMARTS) is 1. The van der Waals surface area contributed by atoms with Gasteiger partial charge in [-0.2, -0.15) is 0 Å². The van der Waals surface area contributed by atoms with Crippen LogP contribution in [-0.2, 0) is 14.3 Å². The largest absolute Gasteiger partial charge is 0.479 e.